The molecule has 0 aromatic carbocycles. The van der Waals surface area contributed by atoms with Crippen LogP contribution in [0.3, 0.4) is 0 Å². The second-order valence-electron chi connectivity index (χ2n) is 5.44. The predicted molar refractivity (Wildman–Crippen MR) is 82.7 cm³/mol. The maximum absolute atomic E-state index is 4.58. The summed E-state index contributed by atoms with van der Waals surface area (Å²) in [4.78, 5) is 8.99. The van der Waals surface area contributed by atoms with E-state index in [1.165, 1.54) is 11.1 Å². The van der Waals surface area contributed by atoms with Gasteiger partial charge in [-0.2, -0.15) is 0 Å². The second-order valence-corrected chi connectivity index (χ2v) is 5.44. The van der Waals surface area contributed by atoms with Crippen molar-refractivity contribution < 1.29 is 0 Å². The van der Waals surface area contributed by atoms with Crippen LogP contribution < -0.4 is 5.32 Å². The summed E-state index contributed by atoms with van der Waals surface area (Å²) in [6.07, 6.45) is 1.84. The molecule has 2 aromatic rings. The van der Waals surface area contributed by atoms with E-state index in [0.29, 0.717) is 0 Å². The highest BCUT2D eigenvalue weighted by Gasteiger charge is 2.16. The van der Waals surface area contributed by atoms with E-state index in [1.54, 1.807) is 0 Å². The summed E-state index contributed by atoms with van der Waals surface area (Å²) in [6.45, 7) is 10.6. The summed E-state index contributed by atoms with van der Waals surface area (Å²) in [5, 5.41) is 3.61. The van der Waals surface area contributed by atoms with Crippen LogP contribution in [0.25, 0.3) is 0 Å². The molecule has 2 unspecified atom stereocenters. The lowest BCUT2D eigenvalue weighted by Gasteiger charge is -2.23. The summed E-state index contributed by atoms with van der Waals surface area (Å²) < 4.78 is 0. The lowest BCUT2D eigenvalue weighted by Crippen LogP contribution is -2.24. The highest BCUT2D eigenvalue weighted by atomic mass is 15.0. The van der Waals surface area contributed by atoms with Crippen molar-refractivity contribution in [3.63, 3.8) is 0 Å². The van der Waals surface area contributed by atoms with Gasteiger partial charge in [0.15, 0.2) is 0 Å². The molecule has 106 valence electrons. The molecule has 2 heterocycles. The molecule has 0 aliphatic rings. The maximum Gasteiger partial charge on any atom is 0.0570 e. The predicted octanol–water partition coefficient (Wildman–Crippen LogP) is 3.81. The molecule has 0 bridgehead atoms. The normalized spacial score (nSPS) is 14.1. The van der Waals surface area contributed by atoms with E-state index in [1.807, 2.05) is 25.3 Å². The third kappa shape index (κ3) is 3.23. The lowest BCUT2D eigenvalue weighted by atomic mass is 9.99. The Morgan fingerprint density at radius 2 is 1.80 bits per heavy atom. The molecule has 0 aliphatic carbocycles. The van der Waals surface area contributed by atoms with Crippen LogP contribution in [0.4, 0.5) is 0 Å². The van der Waals surface area contributed by atoms with Gasteiger partial charge >= 0.3 is 0 Å². The monoisotopic (exact) mass is 269 g/mol. The van der Waals surface area contributed by atoms with Crippen molar-refractivity contribution in [2.45, 2.75) is 46.7 Å². The SMILES string of the molecule is Cc1cc(C)c(C(C)NC(C)c2ccccn2)c(C)n1. The molecule has 2 rings (SSSR count). The number of hydrogen-bond donors (Lipinski definition) is 1. The molecule has 0 fully saturated rings. The van der Waals surface area contributed by atoms with Gasteiger partial charge in [-0.1, -0.05) is 6.07 Å². The van der Waals surface area contributed by atoms with Crippen LogP contribution in [-0.4, -0.2) is 9.97 Å². The van der Waals surface area contributed by atoms with Gasteiger partial charge in [0.25, 0.3) is 0 Å². The average Bonchev–Trinajstić information content (AvgIpc) is 2.38. The molecule has 2 atom stereocenters. The van der Waals surface area contributed by atoms with E-state index in [4.69, 9.17) is 0 Å². The van der Waals surface area contributed by atoms with Crippen LogP contribution in [0.5, 0.6) is 0 Å². The van der Waals surface area contributed by atoms with Gasteiger partial charge in [-0.25, -0.2) is 0 Å². The van der Waals surface area contributed by atoms with Crippen LogP contribution in [-0.2, 0) is 0 Å². The van der Waals surface area contributed by atoms with E-state index in [2.05, 4.69) is 55.1 Å². The molecular weight excluding hydrogens is 246 g/mol. The molecule has 0 spiro atoms. The van der Waals surface area contributed by atoms with Gasteiger partial charge in [-0.05, 0) is 63.9 Å². The fourth-order valence-electron chi connectivity index (χ4n) is 2.86. The van der Waals surface area contributed by atoms with Crippen molar-refractivity contribution in [2.75, 3.05) is 0 Å². The largest absolute Gasteiger partial charge is 0.302 e. The number of aryl methyl sites for hydroxylation is 3. The van der Waals surface area contributed by atoms with Crippen LogP contribution in [0.15, 0.2) is 30.5 Å². The number of rotatable bonds is 4. The van der Waals surface area contributed by atoms with Gasteiger partial charge in [0.1, 0.15) is 0 Å². The first-order valence-electron chi connectivity index (χ1n) is 7.10. The zero-order valence-corrected chi connectivity index (χ0v) is 12.9. The molecule has 0 radical (unpaired) electrons. The molecule has 0 aliphatic heterocycles. The topological polar surface area (TPSA) is 37.8 Å². The first-order chi connectivity index (χ1) is 9.49. The van der Waals surface area contributed by atoms with Crippen molar-refractivity contribution in [1.82, 2.24) is 15.3 Å². The minimum atomic E-state index is 0.214. The zero-order valence-electron chi connectivity index (χ0n) is 12.9. The highest BCUT2D eigenvalue weighted by molar-refractivity contribution is 5.33. The van der Waals surface area contributed by atoms with Gasteiger partial charge < -0.3 is 5.32 Å². The van der Waals surface area contributed by atoms with E-state index in [-0.39, 0.29) is 12.1 Å². The highest BCUT2D eigenvalue weighted by Crippen LogP contribution is 2.23. The van der Waals surface area contributed by atoms with Gasteiger partial charge in [0.05, 0.1) is 5.69 Å². The van der Waals surface area contributed by atoms with Crippen LogP contribution in [0.2, 0.25) is 0 Å². The van der Waals surface area contributed by atoms with Crippen LogP contribution >= 0.6 is 0 Å². The number of aromatic nitrogens is 2. The van der Waals surface area contributed by atoms with Crippen molar-refractivity contribution in [2.24, 2.45) is 0 Å². The Kier molecular flexibility index (Phi) is 4.50. The standard InChI is InChI=1S/C17H23N3/c1-11-10-12(2)19-14(4)17(11)15(5)20-13(3)16-8-6-7-9-18-16/h6-10,13,15,20H,1-5H3. The molecule has 0 saturated heterocycles. The molecule has 0 saturated carbocycles. The summed E-state index contributed by atoms with van der Waals surface area (Å²) in [5.41, 5.74) is 5.83. The molecule has 3 nitrogen and oxygen atoms in total. The third-order valence-corrected chi connectivity index (χ3v) is 3.65. The minimum absolute atomic E-state index is 0.214. The smallest absolute Gasteiger partial charge is 0.0570 e. The van der Waals surface area contributed by atoms with E-state index >= 15 is 0 Å². The van der Waals surface area contributed by atoms with Gasteiger partial charge in [-0.3, -0.25) is 9.97 Å². The molecule has 0 amide bonds. The van der Waals surface area contributed by atoms with E-state index < -0.39 is 0 Å². The summed E-state index contributed by atoms with van der Waals surface area (Å²) in [7, 11) is 0. The van der Waals surface area contributed by atoms with Crippen molar-refractivity contribution in [3.8, 4) is 0 Å². The Balaban J connectivity index is 2.19. The quantitative estimate of drug-likeness (QED) is 0.917. The van der Waals surface area contributed by atoms with Crippen molar-refractivity contribution in [1.29, 1.82) is 0 Å². The molecule has 3 heteroatoms. The second kappa shape index (κ2) is 6.14. The number of hydrogen-bond acceptors (Lipinski definition) is 3. The third-order valence-electron chi connectivity index (χ3n) is 3.65. The summed E-state index contributed by atoms with van der Waals surface area (Å²) >= 11 is 0. The fraction of sp³-hybridized carbons (Fsp3) is 0.412. The van der Waals surface area contributed by atoms with Gasteiger partial charge in [-0.15, -0.1) is 0 Å². The fourth-order valence-corrected chi connectivity index (χ4v) is 2.86. The minimum Gasteiger partial charge on any atom is -0.302 e. The molecule has 1 N–H and O–H groups in total. The Labute approximate surface area is 121 Å². The van der Waals surface area contributed by atoms with Gasteiger partial charge in [0, 0.05) is 29.7 Å². The van der Waals surface area contributed by atoms with Crippen molar-refractivity contribution >= 4 is 0 Å². The zero-order chi connectivity index (χ0) is 14.7. The molecule has 2 aromatic heterocycles. The van der Waals surface area contributed by atoms with E-state index in [9.17, 15) is 0 Å². The summed E-state index contributed by atoms with van der Waals surface area (Å²) in [6, 6.07) is 8.63. The Morgan fingerprint density at radius 3 is 2.40 bits per heavy atom. The van der Waals surface area contributed by atoms with Gasteiger partial charge in [0.2, 0.25) is 0 Å². The Bertz CT molecular complexity index is 555. The lowest BCUT2D eigenvalue weighted by molar-refractivity contribution is 0.482. The van der Waals surface area contributed by atoms with Crippen LogP contribution in [0, 0.1) is 20.8 Å². The maximum atomic E-state index is 4.58. The summed E-state index contributed by atoms with van der Waals surface area (Å²) in [5.74, 6) is 0. The van der Waals surface area contributed by atoms with Crippen molar-refractivity contribution in [3.05, 3.63) is 58.7 Å². The molecular formula is C17H23N3. The number of nitrogens with zero attached hydrogens (tertiary/aromatic N) is 2. The molecule has 20 heavy (non-hydrogen) atoms. The van der Waals surface area contributed by atoms with E-state index in [0.717, 1.165) is 17.1 Å². The first kappa shape index (κ1) is 14.7. The first-order valence-corrected chi connectivity index (χ1v) is 7.10. The Hall–Kier alpha value is -1.74. The van der Waals surface area contributed by atoms with Crippen LogP contribution in [0.1, 0.15) is 54.1 Å². The number of pyridine rings is 2. The number of nitrogens with one attached hydrogen (secondary N) is 1. The average molecular weight is 269 g/mol. The Morgan fingerprint density at radius 1 is 1.05 bits per heavy atom.